The van der Waals surface area contributed by atoms with Gasteiger partial charge in [-0.15, -0.1) is 0 Å². The molecule has 0 saturated carbocycles. The molecule has 0 aliphatic rings. The maximum absolute atomic E-state index is 12.9. The van der Waals surface area contributed by atoms with E-state index >= 15 is 0 Å². The van der Waals surface area contributed by atoms with Crippen molar-refractivity contribution in [3.05, 3.63) is 77.9 Å². The van der Waals surface area contributed by atoms with Crippen molar-refractivity contribution in [3.63, 3.8) is 0 Å². The van der Waals surface area contributed by atoms with Gasteiger partial charge in [-0.05, 0) is 48.2 Å². The van der Waals surface area contributed by atoms with Crippen molar-refractivity contribution in [2.75, 3.05) is 0 Å². The Bertz CT molecular complexity index is 1420. The maximum Gasteiger partial charge on any atom is 0.287 e. The molecule has 5 rings (SSSR count). The standard InChI is InChI=1S/C25H24N6O/c1-14(2)17-5-4-6-18(11-17)15(3)27-25(32)24-28-21-12-19-20(13-22(21)29-24)30-31-23(19)16-7-9-26-10-8-16/h4-15H,1-3H3,(H,27,32)(H,28,29)(H,30,31). The minimum atomic E-state index is -0.236. The Morgan fingerprint density at radius 1 is 0.969 bits per heavy atom. The molecule has 0 aliphatic carbocycles. The molecule has 32 heavy (non-hydrogen) atoms. The lowest BCUT2D eigenvalue weighted by Crippen LogP contribution is -2.27. The number of carbonyl (C=O) groups excluding carboxylic acids is 1. The summed E-state index contributed by atoms with van der Waals surface area (Å²) in [6.07, 6.45) is 3.48. The quantitative estimate of drug-likeness (QED) is 0.365. The SMILES string of the molecule is CC(C)c1cccc(C(C)NC(=O)c2nc3cc4c(-c5ccncc5)n[nH]c4cc3[nH]2)c1. The molecule has 3 N–H and O–H groups in total. The summed E-state index contributed by atoms with van der Waals surface area (Å²) in [5.74, 6) is 0.488. The first-order valence-corrected chi connectivity index (χ1v) is 10.7. The number of H-pyrrole nitrogens is 2. The van der Waals surface area contributed by atoms with Gasteiger partial charge in [0.15, 0.2) is 5.82 Å². The molecule has 0 saturated heterocycles. The first-order valence-electron chi connectivity index (χ1n) is 10.7. The normalized spacial score (nSPS) is 12.5. The minimum Gasteiger partial charge on any atom is -0.343 e. The molecule has 2 aromatic carbocycles. The van der Waals surface area contributed by atoms with E-state index in [2.05, 4.69) is 56.4 Å². The van der Waals surface area contributed by atoms with Crippen molar-refractivity contribution in [2.24, 2.45) is 0 Å². The largest absolute Gasteiger partial charge is 0.343 e. The summed E-state index contributed by atoms with van der Waals surface area (Å²) in [5.41, 5.74) is 6.49. The second kappa shape index (κ2) is 7.92. The first kappa shape index (κ1) is 19.9. The van der Waals surface area contributed by atoms with Crippen LogP contribution in [-0.4, -0.2) is 31.1 Å². The number of pyridine rings is 1. The van der Waals surface area contributed by atoms with Crippen molar-refractivity contribution in [3.8, 4) is 11.3 Å². The van der Waals surface area contributed by atoms with Crippen LogP contribution >= 0.6 is 0 Å². The van der Waals surface area contributed by atoms with E-state index in [0.29, 0.717) is 11.4 Å². The molecule has 0 bridgehead atoms. The monoisotopic (exact) mass is 424 g/mol. The van der Waals surface area contributed by atoms with Crippen LogP contribution in [0, 0.1) is 0 Å². The van der Waals surface area contributed by atoms with E-state index in [1.807, 2.05) is 43.3 Å². The number of carbonyl (C=O) groups is 1. The summed E-state index contributed by atoms with van der Waals surface area (Å²) in [6, 6.07) is 15.9. The zero-order valence-electron chi connectivity index (χ0n) is 18.2. The van der Waals surface area contributed by atoms with E-state index in [1.54, 1.807) is 12.4 Å². The lowest BCUT2D eigenvalue weighted by molar-refractivity contribution is 0.0930. The van der Waals surface area contributed by atoms with Gasteiger partial charge < -0.3 is 10.3 Å². The summed E-state index contributed by atoms with van der Waals surface area (Å²) < 4.78 is 0. The Kier molecular flexibility index (Phi) is 4.93. The summed E-state index contributed by atoms with van der Waals surface area (Å²) in [4.78, 5) is 24.7. The van der Waals surface area contributed by atoms with Gasteiger partial charge in [0.1, 0.15) is 5.69 Å². The second-order valence-electron chi connectivity index (χ2n) is 8.33. The zero-order valence-corrected chi connectivity index (χ0v) is 18.2. The highest BCUT2D eigenvalue weighted by atomic mass is 16.2. The van der Waals surface area contributed by atoms with Crippen molar-refractivity contribution >= 4 is 27.8 Å². The molecule has 1 amide bonds. The van der Waals surface area contributed by atoms with Crippen LogP contribution in [0.2, 0.25) is 0 Å². The van der Waals surface area contributed by atoms with Crippen molar-refractivity contribution in [1.82, 2.24) is 30.5 Å². The van der Waals surface area contributed by atoms with Gasteiger partial charge >= 0.3 is 0 Å². The highest BCUT2D eigenvalue weighted by molar-refractivity contribution is 6.02. The molecule has 3 heterocycles. The molecule has 5 aromatic rings. The smallest absolute Gasteiger partial charge is 0.287 e. The lowest BCUT2D eigenvalue weighted by Gasteiger charge is -2.15. The third-order valence-electron chi connectivity index (χ3n) is 5.76. The van der Waals surface area contributed by atoms with Crippen LogP contribution in [0.4, 0.5) is 0 Å². The van der Waals surface area contributed by atoms with Crippen LogP contribution in [0.5, 0.6) is 0 Å². The van der Waals surface area contributed by atoms with E-state index in [1.165, 1.54) is 5.56 Å². The van der Waals surface area contributed by atoms with Crippen LogP contribution < -0.4 is 5.32 Å². The molecule has 0 fully saturated rings. The molecule has 160 valence electrons. The minimum absolute atomic E-state index is 0.133. The molecule has 7 nitrogen and oxygen atoms in total. The summed E-state index contributed by atoms with van der Waals surface area (Å²) in [7, 11) is 0. The lowest BCUT2D eigenvalue weighted by atomic mass is 9.98. The van der Waals surface area contributed by atoms with Crippen LogP contribution in [0.3, 0.4) is 0 Å². The predicted molar refractivity (Wildman–Crippen MR) is 125 cm³/mol. The van der Waals surface area contributed by atoms with E-state index in [0.717, 1.165) is 33.2 Å². The van der Waals surface area contributed by atoms with E-state index in [4.69, 9.17) is 0 Å². The number of aromatic nitrogens is 5. The number of aromatic amines is 2. The van der Waals surface area contributed by atoms with Crippen molar-refractivity contribution in [1.29, 1.82) is 0 Å². The first-order chi connectivity index (χ1) is 15.5. The van der Waals surface area contributed by atoms with Gasteiger partial charge in [0, 0.05) is 23.3 Å². The molecule has 1 unspecified atom stereocenters. The fraction of sp³-hybridized carbons (Fsp3) is 0.200. The summed E-state index contributed by atoms with van der Waals surface area (Å²) in [5, 5.41) is 11.5. The molecule has 0 radical (unpaired) electrons. The van der Waals surface area contributed by atoms with Gasteiger partial charge in [-0.25, -0.2) is 4.98 Å². The van der Waals surface area contributed by atoms with Crippen LogP contribution in [0.25, 0.3) is 33.2 Å². The van der Waals surface area contributed by atoms with E-state index in [9.17, 15) is 4.79 Å². The van der Waals surface area contributed by atoms with Gasteiger partial charge in [-0.3, -0.25) is 14.9 Å². The predicted octanol–water partition coefficient (Wildman–Crippen LogP) is 5.12. The fourth-order valence-corrected chi connectivity index (χ4v) is 3.89. The third kappa shape index (κ3) is 3.62. The second-order valence-corrected chi connectivity index (χ2v) is 8.33. The number of fused-ring (bicyclic) bond motifs is 2. The van der Waals surface area contributed by atoms with E-state index < -0.39 is 0 Å². The average Bonchev–Trinajstić information content (AvgIpc) is 3.41. The van der Waals surface area contributed by atoms with Crippen LogP contribution in [0.1, 0.15) is 54.5 Å². The van der Waals surface area contributed by atoms with Gasteiger partial charge in [-0.2, -0.15) is 5.10 Å². The van der Waals surface area contributed by atoms with Crippen LogP contribution in [0.15, 0.2) is 60.9 Å². The number of benzene rings is 2. The average molecular weight is 425 g/mol. The molecule has 3 aromatic heterocycles. The Hall–Kier alpha value is -4.00. The summed E-state index contributed by atoms with van der Waals surface area (Å²) >= 11 is 0. The van der Waals surface area contributed by atoms with Crippen molar-refractivity contribution in [2.45, 2.75) is 32.7 Å². The van der Waals surface area contributed by atoms with Gasteiger partial charge in [-0.1, -0.05) is 38.1 Å². The Balaban J connectivity index is 1.43. The third-order valence-corrected chi connectivity index (χ3v) is 5.76. The molecular formula is C25H24N6O. The number of hydrogen-bond acceptors (Lipinski definition) is 4. The van der Waals surface area contributed by atoms with Gasteiger partial charge in [0.2, 0.25) is 0 Å². The zero-order chi connectivity index (χ0) is 22.2. The summed E-state index contributed by atoms with van der Waals surface area (Å²) in [6.45, 7) is 6.30. The number of rotatable bonds is 5. The molecule has 7 heteroatoms. The number of nitrogens with one attached hydrogen (secondary N) is 3. The van der Waals surface area contributed by atoms with Crippen LogP contribution in [-0.2, 0) is 0 Å². The molecule has 1 atom stereocenters. The number of nitrogens with zero attached hydrogens (tertiary/aromatic N) is 3. The van der Waals surface area contributed by atoms with E-state index in [-0.39, 0.29) is 17.8 Å². The highest BCUT2D eigenvalue weighted by Gasteiger charge is 2.17. The van der Waals surface area contributed by atoms with Gasteiger partial charge in [0.05, 0.1) is 22.6 Å². The maximum atomic E-state index is 12.9. The van der Waals surface area contributed by atoms with Crippen molar-refractivity contribution < 1.29 is 4.79 Å². The molecular weight excluding hydrogens is 400 g/mol. The van der Waals surface area contributed by atoms with Gasteiger partial charge in [0.25, 0.3) is 5.91 Å². The Morgan fingerprint density at radius 2 is 1.75 bits per heavy atom. The number of hydrogen-bond donors (Lipinski definition) is 3. The molecule has 0 spiro atoms. The number of amides is 1. The Morgan fingerprint density at radius 3 is 2.53 bits per heavy atom. The Labute approximate surface area is 185 Å². The topological polar surface area (TPSA) is 99.3 Å². The fourth-order valence-electron chi connectivity index (χ4n) is 3.89. The number of imidazole rings is 1. The highest BCUT2D eigenvalue weighted by Crippen LogP contribution is 2.29. The molecule has 0 aliphatic heterocycles.